The molecule has 0 spiro atoms. The summed E-state index contributed by atoms with van der Waals surface area (Å²) in [5.74, 6) is 0.996. The normalized spacial score (nSPS) is 28.4. The van der Waals surface area contributed by atoms with Gasteiger partial charge < -0.3 is 14.7 Å². The number of carbonyl (C=O) groups is 1. The summed E-state index contributed by atoms with van der Waals surface area (Å²) in [7, 11) is 2.17. The number of carbonyl (C=O) groups excluding carboxylic acids is 1. The zero-order valence-electron chi connectivity index (χ0n) is 13.4. The van der Waals surface area contributed by atoms with Gasteiger partial charge in [-0.1, -0.05) is 0 Å². The number of piperidine rings is 1. The number of benzene rings is 1. The van der Waals surface area contributed by atoms with E-state index in [1.165, 1.54) is 24.9 Å². The molecule has 0 radical (unpaired) electrons. The van der Waals surface area contributed by atoms with Crippen LogP contribution in [0.5, 0.6) is 0 Å². The lowest BCUT2D eigenvalue weighted by molar-refractivity contribution is 0.0703. The van der Waals surface area contributed by atoms with E-state index in [1.807, 2.05) is 12.1 Å². The van der Waals surface area contributed by atoms with Crippen LogP contribution in [0.2, 0.25) is 0 Å². The average Bonchev–Trinajstić information content (AvgIpc) is 3.18. The van der Waals surface area contributed by atoms with Gasteiger partial charge in [0.1, 0.15) is 0 Å². The van der Waals surface area contributed by atoms with Gasteiger partial charge in [0.2, 0.25) is 0 Å². The molecule has 1 aliphatic carbocycles. The van der Waals surface area contributed by atoms with Gasteiger partial charge in [0, 0.05) is 50.0 Å². The maximum atomic E-state index is 12.7. The Morgan fingerprint density at radius 2 is 1.77 bits per heavy atom. The van der Waals surface area contributed by atoms with Crippen molar-refractivity contribution in [3.8, 4) is 0 Å². The first-order valence-corrected chi connectivity index (χ1v) is 8.55. The summed E-state index contributed by atoms with van der Waals surface area (Å²) in [5.41, 5.74) is 2.10. The first-order valence-electron chi connectivity index (χ1n) is 8.55. The molecule has 2 bridgehead atoms. The van der Waals surface area contributed by atoms with Crippen LogP contribution in [0, 0.1) is 5.92 Å². The minimum Gasteiger partial charge on any atom is -0.369 e. The highest BCUT2D eigenvalue weighted by molar-refractivity contribution is 5.95. The van der Waals surface area contributed by atoms with Gasteiger partial charge in [0.25, 0.3) is 5.91 Å². The number of nitrogens with zero attached hydrogens (tertiary/aromatic N) is 3. The van der Waals surface area contributed by atoms with Crippen molar-refractivity contribution in [3.05, 3.63) is 29.8 Å². The van der Waals surface area contributed by atoms with Crippen molar-refractivity contribution in [1.82, 2.24) is 9.80 Å². The molecule has 0 unspecified atom stereocenters. The number of piperazine rings is 1. The lowest BCUT2D eigenvalue weighted by Crippen LogP contribution is -2.44. The molecule has 22 heavy (non-hydrogen) atoms. The van der Waals surface area contributed by atoms with Crippen molar-refractivity contribution in [1.29, 1.82) is 0 Å². The Morgan fingerprint density at radius 3 is 2.36 bits per heavy atom. The van der Waals surface area contributed by atoms with Crippen molar-refractivity contribution in [3.63, 3.8) is 0 Å². The first-order chi connectivity index (χ1) is 10.7. The van der Waals surface area contributed by atoms with Gasteiger partial charge in [0.05, 0.1) is 0 Å². The number of likely N-dealkylation sites (N-methyl/N-ethyl adjacent to an activating group) is 1. The van der Waals surface area contributed by atoms with Crippen LogP contribution in [0.25, 0.3) is 0 Å². The summed E-state index contributed by atoms with van der Waals surface area (Å²) in [6, 6.07) is 8.78. The van der Waals surface area contributed by atoms with E-state index < -0.39 is 0 Å². The van der Waals surface area contributed by atoms with E-state index in [0.29, 0.717) is 6.04 Å². The molecule has 1 aromatic carbocycles. The monoisotopic (exact) mass is 299 g/mol. The number of fused-ring (bicyclic) bond motifs is 2. The van der Waals surface area contributed by atoms with E-state index >= 15 is 0 Å². The first kappa shape index (κ1) is 14.1. The molecule has 3 aliphatic rings. The van der Waals surface area contributed by atoms with E-state index in [4.69, 9.17) is 0 Å². The number of likely N-dealkylation sites (tertiary alicyclic amines) is 1. The smallest absolute Gasteiger partial charge is 0.254 e. The SMILES string of the molecule is CN1CCN(c2ccc(C(=O)N3C[C@H]4CC[C@H]3C4)cc2)CC1. The molecule has 3 fully saturated rings. The molecule has 1 saturated carbocycles. The summed E-state index contributed by atoms with van der Waals surface area (Å²) in [6.45, 7) is 5.33. The number of rotatable bonds is 2. The van der Waals surface area contributed by atoms with Gasteiger partial charge in [-0.15, -0.1) is 0 Å². The predicted molar refractivity (Wildman–Crippen MR) is 88.3 cm³/mol. The van der Waals surface area contributed by atoms with Crippen LogP contribution in [-0.4, -0.2) is 61.5 Å². The lowest BCUT2D eigenvalue weighted by atomic mass is 10.1. The van der Waals surface area contributed by atoms with Gasteiger partial charge in [0.15, 0.2) is 0 Å². The lowest BCUT2D eigenvalue weighted by Gasteiger charge is -2.34. The highest BCUT2D eigenvalue weighted by Gasteiger charge is 2.40. The quantitative estimate of drug-likeness (QED) is 0.836. The third-order valence-corrected chi connectivity index (χ3v) is 5.65. The summed E-state index contributed by atoms with van der Waals surface area (Å²) in [4.78, 5) is 19.5. The molecule has 2 aliphatic heterocycles. The fourth-order valence-electron chi connectivity index (χ4n) is 4.22. The van der Waals surface area contributed by atoms with E-state index in [2.05, 4.69) is 33.9 Å². The summed E-state index contributed by atoms with van der Waals surface area (Å²) in [6.07, 6.45) is 3.75. The average molecular weight is 299 g/mol. The Balaban J connectivity index is 1.44. The highest BCUT2D eigenvalue weighted by Crippen LogP contribution is 2.38. The van der Waals surface area contributed by atoms with Crippen LogP contribution >= 0.6 is 0 Å². The Kier molecular flexibility index (Phi) is 3.57. The minimum absolute atomic E-state index is 0.233. The van der Waals surface area contributed by atoms with Crippen molar-refractivity contribution in [2.75, 3.05) is 44.7 Å². The molecule has 0 aromatic heterocycles. The van der Waals surface area contributed by atoms with E-state index in [9.17, 15) is 4.79 Å². The van der Waals surface area contributed by atoms with Gasteiger partial charge in [-0.25, -0.2) is 0 Å². The predicted octanol–water partition coefficient (Wildman–Crippen LogP) is 2.06. The zero-order valence-corrected chi connectivity index (χ0v) is 13.4. The Morgan fingerprint density at radius 1 is 1.05 bits per heavy atom. The fraction of sp³-hybridized carbons (Fsp3) is 0.611. The van der Waals surface area contributed by atoms with Gasteiger partial charge >= 0.3 is 0 Å². The molecule has 2 heterocycles. The fourth-order valence-corrected chi connectivity index (χ4v) is 4.22. The zero-order chi connectivity index (χ0) is 15.1. The third kappa shape index (κ3) is 2.50. The molecule has 4 nitrogen and oxygen atoms in total. The number of hydrogen-bond acceptors (Lipinski definition) is 3. The van der Waals surface area contributed by atoms with Gasteiger partial charge in [-0.05, 0) is 56.5 Å². The standard InChI is InChI=1S/C18H25N3O/c1-19-8-10-20(11-9-19)16-6-3-15(4-7-16)18(22)21-13-14-2-5-17(21)12-14/h3-4,6-7,14,17H,2,5,8-13H2,1H3/t14-,17-/m0/s1. The van der Waals surface area contributed by atoms with E-state index in [0.717, 1.165) is 44.2 Å². The van der Waals surface area contributed by atoms with Crippen LogP contribution < -0.4 is 4.90 Å². The Labute approximate surface area is 132 Å². The largest absolute Gasteiger partial charge is 0.369 e. The van der Waals surface area contributed by atoms with Crippen molar-refractivity contribution >= 4 is 11.6 Å². The minimum atomic E-state index is 0.233. The van der Waals surface area contributed by atoms with Crippen LogP contribution in [0.15, 0.2) is 24.3 Å². The summed E-state index contributed by atoms with van der Waals surface area (Å²) >= 11 is 0. The second-order valence-electron chi connectivity index (χ2n) is 7.13. The van der Waals surface area contributed by atoms with E-state index in [-0.39, 0.29) is 5.91 Å². The molecule has 118 valence electrons. The van der Waals surface area contributed by atoms with Crippen LogP contribution in [0.4, 0.5) is 5.69 Å². The third-order valence-electron chi connectivity index (χ3n) is 5.65. The van der Waals surface area contributed by atoms with Crippen molar-refractivity contribution < 1.29 is 4.79 Å². The Hall–Kier alpha value is -1.55. The molecule has 0 N–H and O–H groups in total. The van der Waals surface area contributed by atoms with Crippen LogP contribution in [0.1, 0.15) is 29.6 Å². The maximum absolute atomic E-state index is 12.7. The topological polar surface area (TPSA) is 26.8 Å². The molecule has 4 heteroatoms. The summed E-state index contributed by atoms with van der Waals surface area (Å²) in [5, 5.41) is 0. The molecule has 2 atom stereocenters. The number of anilines is 1. The molecular formula is C18H25N3O. The summed E-state index contributed by atoms with van der Waals surface area (Å²) < 4.78 is 0. The van der Waals surface area contributed by atoms with E-state index in [1.54, 1.807) is 0 Å². The molecule has 1 amide bonds. The second-order valence-corrected chi connectivity index (χ2v) is 7.13. The molecule has 1 aromatic rings. The van der Waals surface area contributed by atoms with Gasteiger partial charge in [-0.3, -0.25) is 4.79 Å². The van der Waals surface area contributed by atoms with Crippen LogP contribution in [0.3, 0.4) is 0 Å². The molecule has 2 saturated heterocycles. The molecular weight excluding hydrogens is 274 g/mol. The second kappa shape index (κ2) is 5.58. The number of hydrogen-bond donors (Lipinski definition) is 0. The van der Waals surface area contributed by atoms with Gasteiger partial charge in [-0.2, -0.15) is 0 Å². The Bertz CT molecular complexity index is 548. The van der Waals surface area contributed by atoms with Crippen LogP contribution in [-0.2, 0) is 0 Å². The maximum Gasteiger partial charge on any atom is 0.254 e. The highest BCUT2D eigenvalue weighted by atomic mass is 16.2. The van der Waals surface area contributed by atoms with Crippen molar-refractivity contribution in [2.45, 2.75) is 25.3 Å². The number of amides is 1. The van der Waals surface area contributed by atoms with Crippen molar-refractivity contribution in [2.24, 2.45) is 5.92 Å². The molecule has 4 rings (SSSR count).